The van der Waals surface area contributed by atoms with E-state index in [2.05, 4.69) is 17.8 Å². The lowest BCUT2D eigenvalue weighted by Crippen LogP contribution is -2.45. The zero-order valence-electron chi connectivity index (χ0n) is 14.1. The van der Waals surface area contributed by atoms with E-state index in [-0.39, 0.29) is 24.6 Å². The number of methoxy groups -OCH3 is 1. The minimum Gasteiger partial charge on any atom is -0.497 e. The summed E-state index contributed by atoms with van der Waals surface area (Å²) in [5, 5.41) is 3.26. The number of anilines is 1. The molecule has 0 saturated heterocycles. The first-order valence-corrected chi connectivity index (χ1v) is 7.93. The van der Waals surface area contributed by atoms with E-state index >= 15 is 0 Å². The molecule has 0 aromatic heterocycles. The van der Waals surface area contributed by atoms with Gasteiger partial charge in [-0.3, -0.25) is 0 Å². The number of carbonyl (C=O) groups is 1. The molecule has 1 heterocycles. The van der Waals surface area contributed by atoms with Crippen LogP contribution in [0, 0.1) is 18.3 Å². The van der Waals surface area contributed by atoms with Gasteiger partial charge in [-0.05, 0) is 31.5 Å². The Morgan fingerprint density at radius 3 is 2.92 bits per heavy atom. The van der Waals surface area contributed by atoms with Crippen molar-refractivity contribution in [3.8, 4) is 18.1 Å². The summed E-state index contributed by atoms with van der Waals surface area (Å²) in [7, 11) is 1.61. The van der Waals surface area contributed by atoms with Gasteiger partial charge in [-0.15, -0.1) is 13.0 Å². The maximum Gasteiger partial charge on any atom is 0.328 e. The van der Waals surface area contributed by atoms with Crippen LogP contribution in [0.2, 0.25) is 0 Å². The van der Waals surface area contributed by atoms with Crippen LogP contribution in [-0.2, 0) is 14.3 Å². The van der Waals surface area contributed by atoms with Crippen molar-refractivity contribution in [2.45, 2.75) is 25.5 Å². The summed E-state index contributed by atoms with van der Waals surface area (Å²) in [5.74, 6) is 2.73. The number of benzene rings is 1. The summed E-state index contributed by atoms with van der Waals surface area (Å²) in [6.45, 7) is 6.06. The number of rotatable bonds is 7. The molecule has 0 aliphatic carbocycles. The van der Waals surface area contributed by atoms with Gasteiger partial charge in [-0.25, -0.2) is 4.79 Å². The number of hydrogen-bond acceptors (Lipinski definition) is 5. The minimum absolute atomic E-state index is 0.157. The first-order valence-electron chi connectivity index (χ1n) is 7.93. The van der Waals surface area contributed by atoms with Crippen LogP contribution < -0.4 is 10.1 Å². The molecule has 1 N–H and O–H groups in total. The van der Waals surface area contributed by atoms with Gasteiger partial charge < -0.3 is 19.5 Å². The molecule has 3 atom stereocenters. The van der Waals surface area contributed by atoms with Crippen LogP contribution >= 0.6 is 0 Å². The third kappa shape index (κ3) is 3.72. The largest absolute Gasteiger partial charge is 0.497 e. The van der Waals surface area contributed by atoms with E-state index in [0.717, 1.165) is 17.0 Å². The van der Waals surface area contributed by atoms with Gasteiger partial charge in [-0.1, -0.05) is 12.0 Å². The summed E-state index contributed by atoms with van der Waals surface area (Å²) in [5.41, 5.74) is 1.73. The molecule has 3 unspecified atom stereocenters. The van der Waals surface area contributed by atoms with Gasteiger partial charge in [0.15, 0.2) is 0 Å². The van der Waals surface area contributed by atoms with Gasteiger partial charge in [0.25, 0.3) is 0 Å². The van der Waals surface area contributed by atoms with Crippen molar-refractivity contribution in [1.82, 2.24) is 0 Å². The van der Waals surface area contributed by atoms with E-state index < -0.39 is 6.04 Å². The smallest absolute Gasteiger partial charge is 0.328 e. The number of terminal acetylenes is 1. The third-order valence-electron chi connectivity index (χ3n) is 4.02. The molecule has 0 saturated carbocycles. The molecule has 2 rings (SSSR count). The van der Waals surface area contributed by atoms with Crippen molar-refractivity contribution < 1.29 is 19.0 Å². The molecule has 5 nitrogen and oxygen atoms in total. The van der Waals surface area contributed by atoms with Crippen LogP contribution in [0.25, 0.3) is 0 Å². The number of hydrogen-bond donors (Lipinski definition) is 1. The van der Waals surface area contributed by atoms with E-state index in [9.17, 15) is 4.79 Å². The van der Waals surface area contributed by atoms with Gasteiger partial charge in [0.1, 0.15) is 18.4 Å². The van der Waals surface area contributed by atoms with Crippen molar-refractivity contribution in [3.63, 3.8) is 0 Å². The molecule has 24 heavy (non-hydrogen) atoms. The molecule has 1 aliphatic rings. The number of carbonyl (C=O) groups excluding carboxylic acids is 1. The average molecular weight is 329 g/mol. The summed E-state index contributed by atoms with van der Waals surface area (Å²) in [6, 6.07) is 5.09. The van der Waals surface area contributed by atoms with Gasteiger partial charge >= 0.3 is 5.97 Å². The monoisotopic (exact) mass is 329 g/mol. The fourth-order valence-electron chi connectivity index (χ4n) is 2.98. The quantitative estimate of drug-likeness (QED) is 0.473. The predicted molar refractivity (Wildman–Crippen MR) is 92.9 cm³/mol. The van der Waals surface area contributed by atoms with Gasteiger partial charge in [0, 0.05) is 17.2 Å². The van der Waals surface area contributed by atoms with Gasteiger partial charge in [0.2, 0.25) is 0 Å². The van der Waals surface area contributed by atoms with Crippen LogP contribution in [0.1, 0.15) is 25.0 Å². The van der Waals surface area contributed by atoms with Crippen LogP contribution in [0.3, 0.4) is 0 Å². The van der Waals surface area contributed by atoms with E-state index in [1.165, 1.54) is 0 Å². The summed E-state index contributed by atoms with van der Waals surface area (Å²) < 4.78 is 16.4. The van der Waals surface area contributed by atoms with E-state index in [4.69, 9.17) is 20.6 Å². The molecule has 1 aliphatic heterocycles. The number of esters is 1. The van der Waals surface area contributed by atoms with E-state index in [1.54, 1.807) is 20.1 Å². The maximum atomic E-state index is 12.4. The van der Waals surface area contributed by atoms with Gasteiger partial charge in [-0.2, -0.15) is 0 Å². The first kappa shape index (κ1) is 17.9. The topological polar surface area (TPSA) is 56.8 Å². The SMILES string of the molecule is C#CCOC1c2cc(OC)ccc2NC(C(=O)OCC)C1CC=C. The molecule has 0 bridgehead atoms. The molecule has 0 fully saturated rings. The highest BCUT2D eigenvalue weighted by Gasteiger charge is 2.41. The average Bonchev–Trinajstić information content (AvgIpc) is 2.60. The maximum absolute atomic E-state index is 12.4. The van der Waals surface area contributed by atoms with E-state index in [1.807, 2.05) is 18.2 Å². The molecule has 1 aromatic rings. The number of ether oxygens (including phenoxy) is 3. The number of fused-ring (bicyclic) bond motifs is 1. The Kier molecular flexibility index (Phi) is 6.28. The molecular weight excluding hydrogens is 306 g/mol. The fourth-order valence-corrected chi connectivity index (χ4v) is 2.98. The molecular formula is C19H23NO4. The van der Waals surface area contributed by atoms with Crippen LogP contribution in [0.5, 0.6) is 5.75 Å². The van der Waals surface area contributed by atoms with E-state index in [0.29, 0.717) is 13.0 Å². The normalized spacial score (nSPS) is 21.8. The third-order valence-corrected chi connectivity index (χ3v) is 4.02. The lowest BCUT2D eigenvalue weighted by molar-refractivity contribution is -0.147. The molecule has 0 amide bonds. The highest BCUT2D eigenvalue weighted by Crippen LogP contribution is 2.42. The molecule has 5 heteroatoms. The second-order valence-corrected chi connectivity index (χ2v) is 5.45. The van der Waals surface area contributed by atoms with Crippen molar-refractivity contribution in [1.29, 1.82) is 0 Å². The summed E-state index contributed by atoms with van der Waals surface area (Å²) in [4.78, 5) is 12.4. The zero-order valence-corrected chi connectivity index (χ0v) is 14.1. The molecule has 0 spiro atoms. The Hall–Kier alpha value is -2.45. The Balaban J connectivity index is 2.45. The zero-order chi connectivity index (χ0) is 17.5. The van der Waals surface area contributed by atoms with Crippen LogP contribution in [-0.4, -0.2) is 32.3 Å². The minimum atomic E-state index is -0.522. The van der Waals surface area contributed by atoms with Crippen molar-refractivity contribution in [2.24, 2.45) is 5.92 Å². The van der Waals surface area contributed by atoms with Crippen LogP contribution in [0.4, 0.5) is 5.69 Å². The lowest BCUT2D eigenvalue weighted by atomic mass is 9.82. The highest BCUT2D eigenvalue weighted by molar-refractivity contribution is 5.81. The van der Waals surface area contributed by atoms with Gasteiger partial charge in [0.05, 0.1) is 19.8 Å². The molecule has 128 valence electrons. The Labute approximate surface area is 143 Å². The van der Waals surface area contributed by atoms with Crippen molar-refractivity contribution in [2.75, 3.05) is 25.6 Å². The second kappa shape index (κ2) is 8.42. The number of allylic oxidation sites excluding steroid dienone is 1. The van der Waals surface area contributed by atoms with Crippen molar-refractivity contribution >= 4 is 11.7 Å². The Bertz CT molecular complexity index is 635. The lowest BCUT2D eigenvalue weighted by Gasteiger charge is -2.38. The Morgan fingerprint density at radius 2 is 2.29 bits per heavy atom. The van der Waals surface area contributed by atoms with Crippen molar-refractivity contribution in [3.05, 3.63) is 36.4 Å². The fraction of sp³-hybridized carbons (Fsp3) is 0.421. The first-order chi connectivity index (χ1) is 11.7. The van der Waals surface area contributed by atoms with Crippen LogP contribution in [0.15, 0.2) is 30.9 Å². The predicted octanol–water partition coefficient (Wildman–Crippen LogP) is 2.94. The number of nitrogens with one attached hydrogen (secondary N) is 1. The Morgan fingerprint density at radius 1 is 1.50 bits per heavy atom. The highest BCUT2D eigenvalue weighted by atomic mass is 16.5. The second-order valence-electron chi connectivity index (χ2n) is 5.45. The summed E-state index contributed by atoms with van der Waals surface area (Å²) >= 11 is 0. The molecule has 0 radical (unpaired) electrons. The molecule has 1 aromatic carbocycles. The summed E-state index contributed by atoms with van der Waals surface area (Å²) in [6.07, 6.45) is 7.37. The standard InChI is InChI=1S/C19H23NO4/c1-5-8-14-17(19(21)23-7-3)20-16-10-9-13(22-4)12-15(16)18(14)24-11-6-2/h2,5,9-10,12,14,17-18,20H,1,7-8,11H2,3-4H3.